The molecule has 5 rings (SSSR count). The molecule has 0 saturated carbocycles. The normalized spacial score (nSPS) is 17.7. The lowest BCUT2D eigenvalue weighted by Gasteiger charge is -2.25. The van der Waals surface area contributed by atoms with Gasteiger partial charge >= 0.3 is 5.97 Å². The Hall–Kier alpha value is -3.91. The molecule has 1 aliphatic rings. The molecule has 0 bridgehead atoms. The molecule has 1 aromatic carbocycles. The van der Waals surface area contributed by atoms with E-state index in [9.17, 15) is 4.79 Å². The van der Waals surface area contributed by atoms with E-state index in [0.29, 0.717) is 23.0 Å². The van der Waals surface area contributed by atoms with Crippen LogP contribution in [0, 0.1) is 0 Å². The van der Waals surface area contributed by atoms with Crippen LogP contribution in [0.25, 0.3) is 11.3 Å². The van der Waals surface area contributed by atoms with E-state index in [4.69, 9.17) is 25.8 Å². The van der Waals surface area contributed by atoms with Crippen LogP contribution < -0.4 is 5.32 Å². The van der Waals surface area contributed by atoms with Crippen molar-refractivity contribution in [2.75, 3.05) is 7.11 Å². The third-order valence-electron chi connectivity index (χ3n) is 5.59. The maximum atomic E-state index is 11.9. The van der Waals surface area contributed by atoms with Crippen LogP contribution in [0.4, 0.5) is 0 Å². The molecule has 7 nitrogen and oxygen atoms in total. The molecule has 0 unspecified atom stereocenters. The fraction of sp³-hybridized carbons (Fsp3) is 0.160. The number of furan rings is 2. The summed E-state index contributed by atoms with van der Waals surface area (Å²) >= 11 is 5.68. The zero-order valence-electron chi connectivity index (χ0n) is 17.8. The van der Waals surface area contributed by atoms with Gasteiger partial charge in [0.2, 0.25) is 0 Å². The summed E-state index contributed by atoms with van der Waals surface area (Å²) in [7, 11) is 1.36. The van der Waals surface area contributed by atoms with E-state index in [1.807, 2.05) is 53.4 Å². The predicted octanol–water partition coefficient (Wildman–Crippen LogP) is 4.89. The Morgan fingerprint density at radius 2 is 2.06 bits per heavy atom. The molecule has 0 radical (unpaired) electrons. The lowest BCUT2D eigenvalue weighted by Crippen LogP contribution is -2.28. The first kappa shape index (κ1) is 21.0. The Kier molecular flexibility index (Phi) is 5.66. The maximum Gasteiger partial charge on any atom is 0.337 e. The lowest BCUT2D eigenvalue weighted by atomic mass is 10.0. The Balaban J connectivity index is 1.52. The quantitative estimate of drug-likeness (QED) is 0.322. The molecular weight excluding hydrogens is 438 g/mol. The third-order valence-corrected chi connectivity index (χ3v) is 5.94. The van der Waals surface area contributed by atoms with E-state index in [2.05, 4.69) is 10.3 Å². The number of thiocarbonyl (C=S) groups is 1. The minimum atomic E-state index is -0.395. The third kappa shape index (κ3) is 4.12. The van der Waals surface area contributed by atoms with Gasteiger partial charge in [0.25, 0.3) is 0 Å². The fourth-order valence-corrected chi connectivity index (χ4v) is 4.34. The van der Waals surface area contributed by atoms with Crippen LogP contribution in [-0.2, 0) is 11.3 Å². The summed E-state index contributed by atoms with van der Waals surface area (Å²) in [4.78, 5) is 18.5. The molecule has 0 amide bonds. The molecule has 1 fully saturated rings. The minimum Gasteiger partial charge on any atom is -0.467 e. The highest BCUT2D eigenvalue weighted by Crippen LogP contribution is 2.41. The van der Waals surface area contributed by atoms with Gasteiger partial charge in [0.1, 0.15) is 23.3 Å². The van der Waals surface area contributed by atoms with Crippen molar-refractivity contribution in [1.82, 2.24) is 15.2 Å². The van der Waals surface area contributed by atoms with Crippen LogP contribution in [0.3, 0.4) is 0 Å². The van der Waals surface area contributed by atoms with Gasteiger partial charge in [-0.15, -0.1) is 0 Å². The van der Waals surface area contributed by atoms with Crippen LogP contribution in [0.15, 0.2) is 88.0 Å². The largest absolute Gasteiger partial charge is 0.467 e. The molecule has 33 heavy (non-hydrogen) atoms. The zero-order valence-corrected chi connectivity index (χ0v) is 18.6. The van der Waals surface area contributed by atoms with E-state index in [1.165, 1.54) is 7.11 Å². The molecule has 4 aromatic rings. The summed E-state index contributed by atoms with van der Waals surface area (Å²) in [5.41, 5.74) is 2.10. The van der Waals surface area contributed by atoms with Gasteiger partial charge in [-0.25, -0.2) is 4.79 Å². The van der Waals surface area contributed by atoms with Crippen molar-refractivity contribution in [3.8, 4) is 11.3 Å². The van der Waals surface area contributed by atoms with Crippen LogP contribution in [0.1, 0.15) is 39.7 Å². The number of carbonyl (C=O) groups excluding carboxylic acids is 1. The van der Waals surface area contributed by atoms with Crippen LogP contribution in [0.5, 0.6) is 0 Å². The van der Waals surface area contributed by atoms with Crippen molar-refractivity contribution in [2.45, 2.75) is 18.6 Å². The van der Waals surface area contributed by atoms with Crippen LogP contribution in [0.2, 0.25) is 0 Å². The second-order valence-corrected chi connectivity index (χ2v) is 7.99. The Labute approximate surface area is 196 Å². The van der Waals surface area contributed by atoms with Gasteiger partial charge in [0, 0.05) is 11.8 Å². The smallest absolute Gasteiger partial charge is 0.337 e. The molecule has 1 aliphatic heterocycles. The number of nitrogens with one attached hydrogen (secondary N) is 1. The Bertz CT molecular complexity index is 1270. The highest BCUT2D eigenvalue weighted by Gasteiger charge is 2.42. The molecule has 1 N–H and O–H groups in total. The summed E-state index contributed by atoms with van der Waals surface area (Å²) in [6.07, 6.45) is 3.41. The summed E-state index contributed by atoms with van der Waals surface area (Å²) in [6, 6.07) is 20.1. The number of rotatable bonds is 6. The lowest BCUT2D eigenvalue weighted by molar-refractivity contribution is 0.0601. The molecule has 4 heterocycles. The number of methoxy groups -OCH3 is 1. The monoisotopic (exact) mass is 459 g/mol. The summed E-state index contributed by atoms with van der Waals surface area (Å²) < 4.78 is 16.7. The topological polar surface area (TPSA) is 80.7 Å². The number of esters is 1. The van der Waals surface area contributed by atoms with Gasteiger partial charge in [0.05, 0.1) is 37.2 Å². The molecular formula is C25H21N3O4S. The van der Waals surface area contributed by atoms with Gasteiger partial charge in [-0.2, -0.15) is 0 Å². The van der Waals surface area contributed by atoms with Crippen molar-refractivity contribution in [3.05, 3.63) is 102 Å². The number of ether oxygens (including phenoxy) is 1. The average Bonchev–Trinajstić information content (AvgIpc) is 3.61. The first-order valence-electron chi connectivity index (χ1n) is 10.4. The first-order valence-corrected chi connectivity index (χ1v) is 10.8. The number of pyridine rings is 1. The van der Waals surface area contributed by atoms with Gasteiger partial charge < -0.3 is 23.8 Å². The van der Waals surface area contributed by atoms with Crippen molar-refractivity contribution in [1.29, 1.82) is 0 Å². The van der Waals surface area contributed by atoms with Crippen LogP contribution >= 0.6 is 12.2 Å². The van der Waals surface area contributed by atoms with Gasteiger partial charge in [-0.3, -0.25) is 4.98 Å². The summed E-state index contributed by atoms with van der Waals surface area (Å²) in [5, 5.41) is 3.99. The maximum absolute atomic E-state index is 11.9. The van der Waals surface area contributed by atoms with Gasteiger partial charge in [0.15, 0.2) is 5.11 Å². The second-order valence-electron chi connectivity index (χ2n) is 7.61. The molecule has 166 valence electrons. The highest BCUT2D eigenvalue weighted by atomic mass is 32.1. The molecule has 0 aliphatic carbocycles. The SMILES string of the molecule is COC(=O)c1cccc(-c2ccc([C@H]3[C@@H](c4ccccn4)NC(=S)N3Cc3ccco3)o2)c1. The number of nitrogens with zero attached hydrogens (tertiary/aromatic N) is 2. The average molecular weight is 460 g/mol. The summed E-state index contributed by atoms with van der Waals surface area (Å²) in [5.74, 6) is 1.77. The highest BCUT2D eigenvalue weighted by molar-refractivity contribution is 7.80. The minimum absolute atomic E-state index is 0.200. The summed E-state index contributed by atoms with van der Waals surface area (Å²) in [6.45, 7) is 0.487. The van der Waals surface area contributed by atoms with E-state index in [-0.39, 0.29) is 12.1 Å². The predicted molar refractivity (Wildman–Crippen MR) is 125 cm³/mol. The van der Waals surface area contributed by atoms with Crippen molar-refractivity contribution in [3.63, 3.8) is 0 Å². The van der Waals surface area contributed by atoms with E-state index in [1.54, 1.807) is 30.7 Å². The van der Waals surface area contributed by atoms with Gasteiger partial charge in [-0.1, -0.05) is 18.2 Å². The van der Waals surface area contributed by atoms with E-state index in [0.717, 1.165) is 22.8 Å². The Morgan fingerprint density at radius 1 is 1.15 bits per heavy atom. The fourth-order valence-electron chi connectivity index (χ4n) is 4.04. The first-order chi connectivity index (χ1) is 16.1. The number of hydrogen-bond donors (Lipinski definition) is 1. The number of benzene rings is 1. The second kappa shape index (κ2) is 8.91. The zero-order chi connectivity index (χ0) is 22.8. The van der Waals surface area contributed by atoms with Gasteiger partial charge in [-0.05, 0) is 60.7 Å². The Morgan fingerprint density at radius 3 is 2.82 bits per heavy atom. The number of carbonyl (C=O) groups is 1. The number of hydrogen-bond acceptors (Lipinski definition) is 6. The number of aromatic nitrogens is 1. The van der Waals surface area contributed by atoms with Crippen molar-refractivity contribution >= 4 is 23.3 Å². The molecule has 1 saturated heterocycles. The molecule has 8 heteroatoms. The van der Waals surface area contributed by atoms with E-state index < -0.39 is 5.97 Å². The van der Waals surface area contributed by atoms with Crippen LogP contribution in [-0.4, -0.2) is 28.1 Å². The molecule has 2 atom stereocenters. The van der Waals surface area contributed by atoms with Crippen molar-refractivity contribution in [2.24, 2.45) is 0 Å². The van der Waals surface area contributed by atoms with Crippen molar-refractivity contribution < 1.29 is 18.4 Å². The molecule has 0 spiro atoms. The molecule has 3 aromatic heterocycles. The van der Waals surface area contributed by atoms with E-state index >= 15 is 0 Å². The standard InChI is InChI=1S/C25H21N3O4S/c1-30-24(29)17-7-4-6-16(14-17)20-10-11-21(32-20)23-22(19-9-2-3-12-26-19)27-25(33)28(23)15-18-8-5-13-31-18/h2-14,22-23H,15H2,1H3,(H,27,33)/t22-,23+/m1/s1.